The van der Waals surface area contributed by atoms with Gasteiger partial charge in [0.2, 0.25) is 5.91 Å². The highest BCUT2D eigenvalue weighted by molar-refractivity contribution is 6.06. The first-order valence-corrected chi connectivity index (χ1v) is 11.6. The van der Waals surface area contributed by atoms with Gasteiger partial charge < -0.3 is 20.7 Å². The van der Waals surface area contributed by atoms with E-state index in [0.717, 1.165) is 11.1 Å². The number of hydrogen-bond acceptors (Lipinski definition) is 6. The number of carbonyl (C=O) groups excluding carboxylic acids is 3. The van der Waals surface area contributed by atoms with Crippen LogP contribution < -0.4 is 16.0 Å². The molecule has 36 heavy (non-hydrogen) atoms. The minimum Gasteiger partial charge on any atom is -0.442 e. The van der Waals surface area contributed by atoms with Crippen LogP contribution in [0.3, 0.4) is 0 Å². The van der Waals surface area contributed by atoms with E-state index in [0.29, 0.717) is 24.0 Å². The Morgan fingerprint density at radius 2 is 1.94 bits per heavy atom. The molecule has 0 radical (unpaired) electrons. The van der Waals surface area contributed by atoms with E-state index in [2.05, 4.69) is 27.1 Å². The Labute approximate surface area is 208 Å². The van der Waals surface area contributed by atoms with Crippen molar-refractivity contribution in [2.75, 3.05) is 13.1 Å². The van der Waals surface area contributed by atoms with E-state index in [4.69, 9.17) is 10.00 Å². The largest absolute Gasteiger partial charge is 0.442 e. The molecule has 1 aliphatic heterocycles. The van der Waals surface area contributed by atoms with Crippen LogP contribution >= 0.6 is 0 Å². The maximum atomic E-state index is 13.4. The van der Waals surface area contributed by atoms with Gasteiger partial charge in [-0.2, -0.15) is 10.4 Å². The summed E-state index contributed by atoms with van der Waals surface area (Å²) in [6, 6.07) is 15.8. The molecule has 3 amide bonds. The minimum atomic E-state index is -0.850. The van der Waals surface area contributed by atoms with Crippen LogP contribution in [0.4, 0.5) is 4.79 Å². The quantitative estimate of drug-likeness (QED) is 0.467. The molecule has 0 spiro atoms. The van der Waals surface area contributed by atoms with Gasteiger partial charge in [0, 0.05) is 5.39 Å². The van der Waals surface area contributed by atoms with Gasteiger partial charge in [-0.05, 0) is 29.2 Å². The topological polar surface area (TPSA) is 138 Å². The van der Waals surface area contributed by atoms with Crippen molar-refractivity contribution in [3.8, 4) is 6.07 Å². The molecule has 10 heteroatoms. The predicted molar refractivity (Wildman–Crippen MR) is 132 cm³/mol. The first-order valence-electron chi connectivity index (χ1n) is 11.6. The molecule has 1 unspecified atom stereocenters. The lowest BCUT2D eigenvalue weighted by Gasteiger charge is -2.30. The van der Waals surface area contributed by atoms with Crippen molar-refractivity contribution < 1.29 is 19.1 Å². The van der Waals surface area contributed by atoms with Gasteiger partial charge in [-0.1, -0.05) is 51.1 Å². The molecule has 2 atom stereocenters. The van der Waals surface area contributed by atoms with Crippen molar-refractivity contribution in [2.24, 2.45) is 5.41 Å². The first-order chi connectivity index (χ1) is 17.2. The highest BCUT2D eigenvalue weighted by Crippen LogP contribution is 2.23. The number of rotatable bonds is 7. The number of aromatic nitrogens is 2. The highest BCUT2D eigenvalue weighted by atomic mass is 16.6. The van der Waals surface area contributed by atoms with Crippen molar-refractivity contribution in [3.63, 3.8) is 0 Å². The molecule has 4 rings (SSSR count). The zero-order valence-electron chi connectivity index (χ0n) is 20.4. The smallest absolute Gasteiger partial charge is 0.407 e. The summed E-state index contributed by atoms with van der Waals surface area (Å²) in [5.74, 6) is -0.839. The molecule has 0 aliphatic carbocycles. The van der Waals surface area contributed by atoms with E-state index in [1.165, 1.54) is 0 Å². The van der Waals surface area contributed by atoms with Gasteiger partial charge in [-0.15, -0.1) is 0 Å². The number of amides is 3. The molecular weight excluding hydrogens is 460 g/mol. The first kappa shape index (κ1) is 24.7. The lowest BCUT2D eigenvalue weighted by molar-refractivity contribution is -0.125. The van der Waals surface area contributed by atoms with Crippen molar-refractivity contribution in [1.29, 1.82) is 5.26 Å². The van der Waals surface area contributed by atoms with Crippen LogP contribution in [0, 0.1) is 16.7 Å². The molecule has 0 saturated carbocycles. The molecule has 3 aromatic rings. The lowest BCUT2D eigenvalue weighted by Crippen LogP contribution is -2.54. The number of ether oxygens (including phenoxy) is 1. The van der Waals surface area contributed by atoms with E-state index < -0.39 is 29.6 Å². The number of cyclic esters (lactones) is 1. The summed E-state index contributed by atoms with van der Waals surface area (Å²) in [7, 11) is 0. The number of alkyl carbamates (subject to hydrolysis) is 1. The van der Waals surface area contributed by atoms with Crippen molar-refractivity contribution in [3.05, 3.63) is 65.4 Å². The number of hydrogen-bond donors (Lipinski definition) is 3. The second kappa shape index (κ2) is 10.1. The molecule has 3 N–H and O–H groups in total. The number of carbonyl (C=O) groups is 3. The summed E-state index contributed by atoms with van der Waals surface area (Å²) in [6.07, 6.45) is -0.974. The fourth-order valence-corrected chi connectivity index (χ4v) is 4.01. The Morgan fingerprint density at radius 1 is 1.22 bits per heavy atom. The molecule has 2 heterocycles. The van der Waals surface area contributed by atoms with Crippen LogP contribution in [0.25, 0.3) is 10.9 Å². The Kier molecular flexibility index (Phi) is 6.92. The Hall–Kier alpha value is -4.39. The van der Waals surface area contributed by atoms with Crippen LogP contribution in [-0.4, -0.2) is 52.9 Å². The van der Waals surface area contributed by atoms with Crippen LogP contribution in [0.2, 0.25) is 0 Å². The fraction of sp³-hybridized carbons (Fsp3) is 0.346. The maximum absolute atomic E-state index is 13.4. The number of nitriles is 1. The average molecular weight is 489 g/mol. The third-order valence-corrected chi connectivity index (χ3v) is 5.94. The average Bonchev–Trinajstić information content (AvgIpc) is 3.44. The van der Waals surface area contributed by atoms with Crippen molar-refractivity contribution in [2.45, 2.75) is 39.5 Å². The zero-order chi connectivity index (χ0) is 25.9. The summed E-state index contributed by atoms with van der Waals surface area (Å²) in [6.45, 7) is 6.44. The van der Waals surface area contributed by atoms with Crippen LogP contribution in [0.5, 0.6) is 0 Å². The Balaban J connectivity index is 1.54. The van der Waals surface area contributed by atoms with E-state index in [-0.39, 0.29) is 18.1 Å². The second-order valence-electron chi connectivity index (χ2n) is 9.76. The number of benzene rings is 2. The highest BCUT2D eigenvalue weighted by Gasteiger charge is 2.35. The summed E-state index contributed by atoms with van der Waals surface area (Å²) in [5.41, 5.74) is 1.90. The number of nitrogens with zero attached hydrogens (tertiary/aromatic N) is 3. The van der Waals surface area contributed by atoms with Gasteiger partial charge >= 0.3 is 6.09 Å². The molecule has 186 valence electrons. The summed E-state index contributed by atoms with van der Waals surface area (Å²) < 4.78 is 6.79. The summed E-state index contributed by atoms with van der Waals surface area (Å²) in [5, 5.41) is 22.4. The van der Waals surface area contributed by atoms with Gasteiger partial charge in [0.1, 0.15) is 12.1 Å². The van der Waals surface area contributed by atoms with Crippen molar-refractivity contribution in [1.82, 2.24) is 25.7 Å². The standard InChI is InChI=1S/C26H28N6O4/c1-26(2,3)22(24(34)28-13-18-14-29-25(35)36-18)30-23(33)21-19-6-4-5-7-20(19)32(31-21)15-17-10-8-16(12-27)9-11-17/h4-11,18,22H,13-15H2,1-3H3,(H,28,34)(H,29,35)(H,30,33)/t18?,22-/m1/s1. The Morgan fingerprint density at radius 3 is 2.58 bits per heavy atom. The molecule has 10 nitrogen and oxygen atoms in total. The van der Waals surface area contributed by atoms with E-state index in [1.807, 2.05) is 57.2 Å². The van der Waals surface area contributed by atoms with Gasteiger partial charge in [0.25, 0.3) is 5.91 Å². The fourth-order valence-electron chi connectivity index (χ4n) is 4.01. The van der Waals surface area contributed by atoms with Crippen LogP contribution in [-0.2, 0) is 16.1 Å². The van der Waals surface area contributed by atoms with Crippen molar-refractivity contribution >= 4 is 28.8 Å². The predicted octanol–water partition coefficient (Wildman–Crippen LogP) is 2.33. The minimum absolute atomic E-state index is 0.141. The summed E-state index contributed by atoms with van der Waals surface area (Å²) >= 11 is 0. The molecule has 1 aromatic heterocycles. The SMILES string of the molecule is CC(C)(C)[C@H](NC(=O)c1nn(Cc2ccc(C#N)cc2)c2ccccc12)C(=O)NCC1CNC(=O)O1. The van der Waals surface area contributed by atoms with E-state index in [9.17, 15) is 14.4 Å². The number of para-hydroxylation sites is 1. The summed E-state index contributed by atoms with van der Waals surface area (Å²) in [4.78, 5) is 37.6. The molecule has 1 saturated heterocycles. The number of fused-ring (bicyclic) bond motifs is 1. The monoisotopic (exact) mass is 488 g/mol. The van der Waals surface area contributed by atoms with E-state index in [1.54, 1.807) is 16.8 Å². The Bertz CT molecular complexity index is 1330. The van der Waals surface area contributed by atoms with Gasteiger partial charge in [-0.3, -0.25) is 14.3 Å². The third kappa shape index (κ3) is 5.46. The number of nitrogens with one attached hydrogen (secondary N) is 3. The van der Waals surface area contributed by atoms with Gasteiger partial charge in [-0.25, -0.2) is 4.79 Å². The van der Waals surface area contributed by atoms with Gasteiger partial charge in [0.05, 0.1) is 36.8 Å². The molecule has 1 fully saturated rings. The third-order valence-electron chi connectivity index (χ3n) is 5.94. The van der Waals surface area contributed by atoms with Crippen LogP contribution in [0.1, 0.15) is 42.4 Å². The van der Waals surface area contributed by atoms with E-state index >= 15 is 0 Å². The molecule has 2 aromatic carbocycles. The maximum Gasteiger partial charge on any atom is 0.407 e. The molecular formula is C26H28N6O4. The molecule has 0 bridgehead atoms. The zero-order valence-corrected chi connectivity index (χ0v) is 20.4. The normalized spacial score (nSPS) is 16.1. The van der Waals surface area contributed by atoms with Crippen LogP contribution in [0.15, 0.2) is 48.5 Å². The van der Waals surface area contributed by atoms with Gasteiger partial charge in [0.15, 0.2) is 5.69 Å². The second-order valence-corrected chi connectivity index (χ2v) is 9.76. The lowest BCUT2D eigenvalue weighted by atomic mass is 9.86. The molecule has 1 aliphatic rings.